The molecule has 150 valence electrons. The number of halogens is 1. The number of ether oxygens (including phenoxy) is 1. The van der Waals surface area contributed by atoms with Crippen LogP contribution in [-0.4, -0.2) is 29.5 Å². The molecule has 0 radical (unpaired) electrons. The van der Waals surface area contributed by atoms with Crippen LogP contribution in [0.4, 0.5) is 0 Å². The van der Waals surface area contributed by atoms with Gasteiger partial charge < -0.3 is 9.64 Å². The molecule has 5 rings (SSSR count). The van der Waals surface area contributed by atoms with Crippen LogP contribution in [0.15, 0.2) is 78.9 Å². The van der Waals surface area contributed by atoms with Gasteiger partial charge in [-0.3, -0.25) is 4.79 Å². The van der Waals surface area contributed by atoms with E-state index >= 15 is 0 Å². The molecule has 0 aliphatic carbocycles. The smallest absolute Gasteiger partial charge is 0.255 e. The van der Waals surface area contributed by atoms with Gasteiger partial charge in [-0.1, -0.05) is 66.2 Å². The quantitative estimate of drug-likeness (QED) is 0.507. The fraction of sp³-hybridized carbons (Fsp3) is 0.192. The van der Waals surface area contributed by atoms with E-state index in [1.165, 1.54) is 11.1 Å². The number of benzene rings is 3. The Hall–Kier alpha value is -3.04. The van der Waals surface area contributed by atoms with E-state index in [9.17, 15) is 4.79 Å². The van der Waals surface area contributed by atoms with Gasteiger partial charge in [-0.2, -0.15) is 0 Å². The molecule has 0 unspecified atom stereocenters. The summed E-state index contributed by atoms with van der Waals surface area (Å²) in [6.45, 7) is 1.29. The maximum atomic E-state index is 12.8. The molecule has 30 heavy (non-hydrogen) atoms. The molecule has 3 nitrogen and oxygen atoms in total. The highest BCUT2D eigenvalue weighted by Gasteiger charge is 2.38. The van der Waals surface area contributed by atoms with Crippen LogP contribution in [-0.2, 0) is 0 Å². The van der Waals surface area contributed by atoms with Crippen LogP contribution in [0, 0.1) is 0 Å². The van der Waals surface area contributed by atoms with Gasteiger partial charge in [-0.15, -0.1) is 0 Å². The molecular weight excluding hydrogens is 394 g/mol. The Bertz CT molecular complexity index is 1110. The minimum atomic E-state index is -0.349. The molecule has 0 saturated carbocycles. The van der Waals surface area contributed by atoms with E-state index in [1.54, 1.807) is 12.1 Å². The molecule has 2 heterocycles. The van der Waals surface area contributed by atoms with Crippen molar-refractivity contribution < 1.29 is 9.53 Å². The lowest BCUT2D eigenvalue weighted by Gasteiger charge is -2.42. The SMILES string of the molecule is O=C(c1ccccc1Cl)N1CCC2(C=Cc3cc(-c4ccccc4)ccc3O2)CC1. The molecule has 0 bridgehead atoms. The fourth-order valence-electron chi connectivity index (χ4n) is 4.24. The second kappa shape index (κ2) is 7.66. The minimum Gasteiger partial charge on any atom is -0.482 e. The summed E-state index contributed by atoms with van der Waals surface area (Å²) in [5.41, 5.74) is 3.68. The molecule has 2 aliphatic heterocycles. The summed E-state index contributed by atoms with van der Waals surface area (Å²) >= 11 is 6.21. The zero-order valence-electron chi connectivity index (χ0n) is 16.6. The highest BCUT2D eigenvalue weighted by molar-refractivity contribution is 6.33. The molecule has 4 heteroatoms. The van der Waals surface area contributed by atoms with Gasteiger partial charge in [0.1, 0.15) is 11.4 Å². The second-order valence-corrected chi connectivity index (χ2v) is 8.30. The van der Waals surface area contributed by atoms with E-state index in [-0.39, 0.29) is 11.5 Å². The predicted molar refractivity (Wildman–Crippen MR) is 121 cm³/mol. The molecule has 1 amide bonds. The number of rotatable bonds is 2. The summed E-state index contributed by atoms with van der Waals surface area (Å²) in [6.07, 6.45) is 5.86. The third-order valence-corrected chi connectivity index (χ3v) is 6.33. The van der Waals surface area contributed by atoms with Crippen molar-refractivity contribution in [2.75, 3.05) is 13.1 Å². The Morgan fingerprint density at radius 1 is 0.900 bits per heavy atom. The Kier molecular flexibility index (Phi) is 4.84. The lowest BCUT2D eigenvalue weighted by atomic mass is 9.87. The Morgan fingerprint density at radius 3 is 2.40 bits per heavy atom. The Morgan fingerprint density at radius 2 is 1.63 bits per heavy atom. The number of amides is 1. The number of piperidine rings is 1. The molecule has 0 N–H and O–H groups in total. The highest BCUT2D eigenvalue weighted by atomic mass is 35.5. The number of hydrogen-bond acceptors (Lipinski definition) is 2. The topological polar surface area (TPSA) is 29.5 Å². The summed E-state index contributed by atoms with van der Waals surface area (Å²) in [6, 6.07) is 23.9. The first kappa shape index (κ1) is 19.0. The molecular formula is C26H22ClNO2. The van der Waals surface area contributed by atoms with Crippen molar-refractivity contribution >= 4 is 23.6 Å². The normalized spacial score (nSPS) is 16.8. The van der Waals surface area contributed by atoms with Crippen molar-refractivity contribution in [3.05, 3.63) is 95.0 Å². The van der Waals surface area contributed by atoms with Crippen molar-refractivity contribution in [1.82, 2.24) is 4.90 Å². The summed E-state index contributed by atoms with van der Waals surface area (Å²) in [4.78, 5) is 14.7. The maximum absolute atomic E-state index is 12.8. The van der Waals surface area contributed by atoms with Crippen LogP contribution < -0.4 is 4.74 Å². The third-order valence-electron chi connectivity index (χ3n) is 6.00. The fourth-order valence-corrected chi connectivity index (χ4v) is 4.46. The van der Waals surface area contributed by atoms with Crippen molar-refractivity contribution in [3.63, 3.8) is 0 Å². The van der Waals surface area contributed by atoms with Crippen LogP contribution in [0.25, 0.3) is 17.2 Å². The molecule has 1 saturated heterocycles. The Balaban J connectivity index is 1.31. The van der Waals surface area contributed by atoms with E-state index in [0.717, 1.165) is 24.2 Å². The first-order valence-corrected chi connectivity index (χ1v) is 10.6. The van der Waals surface area contributed by atoms with Gasteiger partial charge in [0, 0.05) is 31.5 Å². The standard InChI is InChI=1S/C26H22ClNO2/c27-23-9-5-4-8-22(23)25(29)28-16-14-26(15-17-28)13-12-21-18-20(10-11-24(21)30-26)19-6-2-1-3-7-19/h1-13,18H,14-17H2. The van der Waals surface area contributed by atoms with Gasteiger partial charge in [0.2, 0.25) is 0 Å². The maximum Gasteiger partial charge on any atom is 0.255 e. The molecule has 1 spiro atoms. The van der Waals surface area contributed by atoms with Crippen LogP contribution in [0.5, 0.6) is 5.75 Å². The first-order valence-electron chi connectivity index (χ1n) is 10.3. The van der Waals surface area contributed by atoms with Crippen LogP contribution in [0.1, 0.15) is 28.8 Å². The van der Waals surface area contributed by atoms with E-state index < -0.39 is 0 Å². The van der Waals surface area contributed by atoms with Gasteiger partial charge >= 0.3 is 0 Å². The number of likely N-dealkylation sites (tertiary alicyclic amines) is 1. The molecule has 0 aromatic heterocycles. The largest absolute Gasteiger partial charge is 0.482 e. The average Bonchev–Trinajstić information content (AvgIpc) is 2.80. The number of hydrogen-bond donors (Lipinski definition) is 0. The van der Waals surface area contributed by atoms with E-state index in [2.05, 4.69) is 42.5 Å². The molecule has 0 atom stereocenters. The van der Waals surface area contributed by atoms with Crippen molar-refractivity contribution in [2.24, 2.45) is 0 Å². The van der Waals surface area contributed by atoms with Crippen LogP contribution in [0.2, 0.25) is 5.02 Å². The Labute approximate surface area is 181 Å². The number of nitrogens with zero attached hydrogens (tertiary/aromatic N) is 1. The van der Waals surface area contributed by atoms with Crippen molar-refractivity contribution in [3.8, 4) is 16.9 Å². The second-order valence-electron chi connectivity index (χ2n) is 7.89. The monoisotopic (exact) mass is 415 g/mol. The number of fused-ring (bicyclic) bond motifs is 1. The minimum absolute atomic E-state index is 0.0110. The third kappa shape index (κ3) is 3.50. The van der Waals surface area contributed by atoms with E-state index in [4.69, 9.17) is 16.3 Å². The van der Waals surface area contributed by atoms with E-state index in [0.29, 0.717) is 23.7 Å². The van der Waals surface area contributed by atoms with Crippen LogP contribution >= 0.6 is 11.6 Å². The van der Waals surface area contributed by atoms with Crippen LogP contribution in [0.3, 0.4) is 0 Å². The van der Waals surface area contributed by atoms with Gasteiger partial charge in [0.05, 0.1) is 10.6 Å². The number of carbonyl (C=O) groups excluding carboxylic acids is 1. The van der Waals surface area contributed by atoms with Crippen molar-refractivity contribution in [1.29, 1.82) is 0 Å². The van der Waals surface area contributed by atoms with Crippen molar-refractivity contribution in [2.45, 2.75) is 18.4 Å². The summed E-state index contributed by atoms with van der Waals surface area (Å²) in [7, 11) is 0. The van der Waals surface area contributed by atoms with E-state index in [1.807, 2.05) is 35.2 Å². The first-order chi connectivity index (χ1) is 14.6. The summed E-state index contributed by atoms with van der Waals surface area (Å²) in [5, 5.41) is 0.500. The molecule has 1 fully saturated rings. The molecule has 3 aromatic carbocycles. The van der Waals surface area contributed by atoms with Gasteiger partial charge in [0.25, 0.3) is 5.91 Å². The zero-order valence-corrected chi connectivity index (χ0v) is 17.3. The lowest BCUT2D eigenvalue weighted by Crippen LogP contribution is -2.49. The summed E-state index contributed by atoms with van der Waals surface area (Å²) in [5.74, 6) is 0.895. The number of carbonyl (C=O) groups is 1. The van der Waals surface area contributed by atoms with Gasteiger partial charge in [-0.05, 0) is 41.5 Å². The predicted octanol–water partition coefficient (Wildman–Crippen LogP) is 6.09. The zero-order chi connectivity index (χ0) is 20.6. The van der Waals surface area contributed by atoms with Gasteiger partial charge in [0.15, 0.2) is 0 Å². The molecule has 3 aromatic rings. The summed E-state index contributed by atoms with van der Waals surface area (Å²) < 4.78 is 6.46. The lowest BCUT2D eigenvalue weighted by molar-refractivity contribution is 0.0329. The average molecular weight is 416 g/mol. The van der Waals surface area contributed by atoms with Gasteiger partial charge in [-0.25, -0.2) is 0 Å². The highest BCUT2D eigenvalue weighted by Crippen LogP contribution is 2.39. The molecule has 2 aliphatic rings.